The van der Waals surface area contributed by atoms with E-state index in [1.807, 2.05) is 0 Å². The van der Waals surface area contributed by atoms with Crippen LogP contribution in [0.3, 0.4) is 0 Å². The monoisotopic (exact) mass is 529 g/mol. The highest BCUT2D eigenvalue weighted by molar-refractivity contribution is 5.90. The van der Waals surface area contributed by atoms with E-state index in [2.05, 4.69) is 10.1 Å². The third kappa shape index (κ3) is 6.21. The van der Waals surface area contributed by atoms with Gasteiger partial charge in [0.05, 0.1) is 38.2 Å². The Balaban J connectivity index is 1.34. The smallest absolute Gasteiger partial charge is 0.414 e. The van der Waals surface area contributed by atoms with Gasteiger partial charge in [-0.1, -0.05) is 0 Å². The average Bonchev–Trinajstić information content (AvgIpc) is 3.31. The van der Waals surface area contributed by atoms with Gasteiger partial charge >= 0.3 is 18.0 Å². The Hall–Kier alpha value is -4.59. The minimum atomic E-state index is -1.14. The molecule has 3 heterocycles. The fourth-order valence-corrected chi connectivity index (χ4v) is 3.75. The summed E-state index contributed by atoms with van der Waals surface area (Å²) < 4.78 is 24.6. The standard InChI is InChI=1S/C24H24FN5O8/c25-19-9-16(29-11-17(12-31)38-24(29)36)2-3-18(19)15-1-4-20(26-10-15)28-7-8-30(27-14-28)21(32)13-37-23(35)6-5-22(33)34/h1-4,9-10,14,17,31H,5-8,11-13H2,(H,33,34)/t17-/m1/s1. The molecule has 0 unspecified atom stereocenters. The molecule has 1 aromatic carbocycles. The summed E-state index contributed by atoms with van der Waals surface area (Å²) in [4.78, 5) is 53.4. The maximum atomic E-state index is 14.9. The predicted molar refractivity (Wildman–Crippen MR) is 130 cm³/mol. The van der Waals surface area contributed by atoms with E-state index in [1.54, 1.807) is 23.1 Å². The second-order valence-electron chi connectivity index (χ2n) is 8.36. The van der Waals surface area contributed by atoms with Crippen LogP contribution >= 0.6 is 0 Å². The zero-order chi connectivity index (χ0) is 27.2. The third-order valence-electron chi connectivity index (χ3n) is 5.77. The van der Waals surface area contributed by atoms with Crippen LogP contribution in [0.5, 0.6) is 0 Å². The number of esters is 1. The number of anilines is 2. The maximum absolute atomic E-state index is 14.9. The number of aliphatic carboxylic acids is 1. The zero-order valence-electron chi connectivity index (χ0n) is 20.0. The van der Waals surface area contributed by atoms with E-state index in [-0.39, 0.29) is 38.1 Å². The normalized spacial score (nSPS) is 16.9. The number of benzene rings is 1. The summed E-state index contributed by atoms with van der Waals surface area (Å²) >= 11 is 0. The minimum Gasteiger partial charge on any atom is -0.481 e. The van der Waals surface area contributed by atoms with Crippen molar-refractivity contribution >= 4 is 41.8 Å². The van der Waals surface area contributed by atoms with Crippen molar-refractivity contribution in [2.45, 2.75) is 18.9 Å². The fraction of sp³-hybridized carbons (Fsp3) is 0.333. The number of pyridine rings is 1. The van der Waals surface area contributed by atoms with Crippen LogP contribution in [0, 0.1) is 5.82 Å². The molecule has 2 amide bonds. The van der Waals surface area contributed by atoms with Gasteiger partial charge in [-0.2, -0.15) is 5.10 Å². The molecule has 13 nitrogen and oxygen atoms in total. The number of aliphatic hydroxyl groups is 1. The van der Waals surface area contributed by atoms with Gasteiger partial charge in [-0.05, 0) is 30.3 Å². The number of hydrogen-bond donors (Lipinski definition) is 2. The van der Waals surface area contributed by atoms with Crippen LogP contribution in [0.15, 0.2) is 41.6 Å². The zero-order valence-corrected chi connectivity index (χ0v) is 20.0. The van der Waals surface area contributed by atoms with Crippen LogP contribution in [0.2, 0.25) is 0 Å². The second kappa shape index (κ2) is 11.6. The van der Waals surface area contributed by atoms with Crippen molar-refractivity contribution in [2.75, 3.05) is 42.6 Å². The lowest BCUT2D eigenvalue weighted by molar-refractivity contribution is -0.153. The average molecular weight is 529 g/mol. The van der Waals surface area contributed by atoms with Crippen molar-refractivity contribution in [3.63, 3.8) is 0 Å². The van der Waals surface area contributed by atoms with Crippen molar-refractivity contribution in [1.29, 1.82) is 0 Å². The number of hydrogen-bond acceptors (Lipinski definition) is 10. The highest BCUT2D eigenvalue weighted by atomic mass is 19.1. The first-order valence-corrected chi connectivity index (χ1v) is 11.6. The van der Waals surface area contributed by atoms with Gasteiger partial charge in [-0.25, -0.2) is 19.2 Å². The molecule has 38 heavy (non-hydrogen) atoms. The molecule has 0 aliphatic carbocycles. The highest BCUT2D eigenvalue weighted by Gasteiger charge is 2.32. The molecule has 1 saturated heterocycles. The maximum Gasteiger partial charge on any atom is 0.414 e. The Bertz CT molecular complexity index is 1250. The van der Waals surface area contributed by atoms with Crippen LogP contribution in [-0.2, 0) is 23.9 Å². The number of nitrogens with zero attached hydrogens (tertiary/aromatic N) is 5. The number of aliphatic hydroxyl groups excluding tert-OH is 1. The van der Waals surface area contributed by atoms with E-state index in [0.29, 0.717) is 23.6 Å². The Morgan fingerprint density at radius 1 is 1.16 bits per heavy atom. The Labute approximate surface area is 215 Å². The molecule has 0 bridgehead atoms. The second-order valence-corrected chi connectivity index (χ2v) is 8.36. The molecule has 1 fully saturated rings. The van der Waals surface area contributed by atoms with Crippen LogP contribution < -0.4 is 9.80 Å². The lowest BCUT2D eigenvalue weighted by Crippen LogP contribution is -2.42. The SMILES string of the molecule is O=C(O)CCC(=O)OCC(=O)N1CCN(c2ccc(-c3ccc(N4C[C@H](CO)OC4=O)cc3F)cn2)C=N1. The molecule has 0 radical (unpaired) electrons. The van der Waals surface area contributed by atoms with E-state index in [4.69, 9.17) is 14.6 Å². The minimum absolute atomic E-state index is 0.128. The molecule has 14 heteroatoms. The molecule has 0 spiro atoms. The van der Waals surface area contributed by atoms with E-state index in [9.17, 15) is 28.7 Å². The Morgan fingerprint density at radius 3 is 2.58 bits per heavy atom. The fourth-order valence-electron chi connectivity index (χ4n) is 3.75. The number of carboxylic acids is 1. The van der Waals surface area contributed by atoms with Crippen molar-refractivity contribution in [1.82, 2.24) is 9.99 Å². The summed E-state index contributed by atoms with van der Waals surface area (Å²) in [5, 5.41) is 22.9. The number of amides is 2. The first-order valence-electron chi connectivity index (χ1n) is 11.6. The molecule has 2 N–H and O–H groups in total. The molecular formula is C24H24FN5O8. The Morgan fingerprint density at radius 2 is 1.97 bits per heavy atom. The van der Waals surface area contributed by atoms with Crippen LogP contribution in [0.25, 0.3) is 11.1 Å². The lowest BCUT2D eigenvalue weighted by atomic mass is 10.1. The molecule has 200 valence electrons. The summed E-state index contributed by atoms with van der Waals surface area (Å²) in [5.41, 5.74) is 1.10. The van der Waals surface area contributed by atoms with Crippen molar-refractivity contribution < 1.29 is 43.3 Å². The number of cyclic esters (lactones) is 1. The molecule has 2 aromatic rings. The summed E-state index contributed by atoms with van der Waals surface area (Å²) in [5.74, 6) is -2.53. The van der Waals surface area contributed by atoms with Gasteiger partial charge in [-0.15, -0.1) is 0 Å². The number of halogens is 1. The van der Waals surface area contributed by atoms with E-state index < -0.39 is 42.5 Å². The number of rotatable bonds is 9. The summed E-state index contributed by atoms with van der Waals surface area (Å²) in [6.07, 6.45) is 0.865. The van der Waals surface area contributed by atoms with Crippen molar-refractivity contribution in [3.8, 4) is 11.1 Å². The molecule has 2 aliphatic heterocycles. The molecule has 1 aromatic heterocycles. The third-order valence-corrected chi connectivity index (χ3v) is 5.77. The molecule has 4 rings (SSSR count). The Kier molecular flexibility index (Phi) is 8.11. The van der Waals surface area contributed by atoms with E-state index in [1.165, 1.54) is 29.6 Å². The van der Waals surface area contributed by atoms with Gasteiger partial charge in [0, 0.05) is 23.9 Å². The van der Waals surface area contributed by atoms with Crippen LogP contribution in [-0.4, -0.2) is 89.4 Å². The van der Waals surface area contributed by atoms with Crippen LogP contribution in [0.1, 0.15) is 12.8 Å². The molecule has 2 aliphatic rings. The lowest BCUT2D eigenvalue weighted by Gasteiger charge is -2.27. The summed E-state index contributed by atoms with van der Waals surface area (Å²) in [6.45, 7) is -0.199. The number of carbonyl (C=O) groups is 4. The number of carbonyl (C=O) groups excluding carboxylic acids is 3. The molecular weight excluding hydrogens is 505 g/mol. The number of aromatic nitrogens is 1. The summed E-state index contributed by atoms with van der Waals surface area (Å²) in [7, 11) is 0. The number of hydrazone groups is 1. The van der Waals surface area contributed by atoms with Gasteiger partial charge < -0.3 is 24.6 Å². The predicted octanol–water partition coefficient (Wildman–Crippen LogP) is 1.21. The van der Waals surface area contributed by atoms with Gasteiger partial charge in [0.25, 0.3) is 5.91 Å². The van der Waals surface area contributed by atoms with E-state index in [0.717, 1.165) is 5.01 Å². The largest absolute Gasteiger partial charge is 0.481 e. The topological polar surface area (TPSA) is 162 Å². The number of carboxylic acid groups (broad SMARTS) is 1. The van der Waals surface area contributed by atoms with Crippen molar-refractivity contribution in [3.05, 3.63) is 42.3 Å². The van der Waals surface area contributed by atoms with Gasteiger partial charge in [0.15, 0.2) is 6.61 Å². The highest BCUT2D eigenvalue weighted by Crippen LogP contribution is 2.29. The van der Waals surface area contributed by atoms with Crippen LogP contribution in [0.4, 0.5) is 20.7 Å². The molecule has 0 saturated carbocycles. The van der Waals surface area contributed by atoms with Gasteiger partial charge in [-0.3, -0.25) is 19.3 Å². The first kappa shape index (κ1) is 26.5. The number of ether oxygens (including phenoxy) is 2. The summed E-state index contributed by atoms with van der Waals surface area (Å²) in [6, 6.07) is 7.67. The quantitative estimate of drug-likeness (QED) is 0.452. The molecule has 1 atom stereocenters. The van der Waals surface area contributed by atoms with Gasteiger partial charge in [0.2, 0.25) is 0 Å². The van der Waals surface area contributed by atoms with E-state index >= 15 is 0 Å². The first-order chi connectivity index (χ1) is 18.2. The van der Waals surface area contributed by atoms with Gasteiger partial charge in [0.1, 0.15) is 24.1 Å². The van der Waals surface area contributed by atoms with Crippen molar-refractivity contribution in [2.24, 2.45) is 5.10 Å².